The number of rotatable bonds is 5. The lowest BCUT2D eigenvalue weighted by molar-refractivity contribution is 0.147. The van der Waals surface area contributed by atoms with Crippen molar-refractivity contribution >= 4 is 27.5 Å². The zero-order valence-electron chi connectivity index (χ0n) is 17.0. The summed E-state index contributed by atoms with van der Waals surface area (Å²) in [6.07, 6.45) is -0.516. The molecular weight excluding hydrogens is 416 g/mol. The average Bonchev–Trinajstić information content (AvgIpc) is 2.82. The number of anilines is 2. The van der Waals surface area contributed by atoms with Gasteiger partial charge in [0.1, 0.15) is 12.4 Å². The quantitative estimate of drug-likeness (QED) is 0.601. The van der Waals surface area contributed by atoms with E-state index in [1.807, 2.05) is 30.3 Å². The van der Waals surface area contributed by atoms with Gasteiger partial charge in [-0.2, -0.15) is 0 Å². The molecule has 0 unspecified atom stereocenters. The molecule has 0 aliphatic carbocycles. The Kier molecular flexibility index (Phi) is 5.81. The summed E-state index contributed by atoms with van der Waals surface area (Å²) in [7, 11) is -2.28. The third kappa shape index (κ3) is 4.20. The minimum atomic E-state index is -3.81. The van der Waals surface area contributed by atoms with Gasteiger partial charge in [-0.25, -0.2) is 13.2 Å². The molecule has 1 heterocycles. The Morgan fingerprint density at radius 2 is 1.52 bits per heavy atom. The number of carbonyl (C=O) groups is 1. The second-order valence-corrected chi connectivity index (χ2v) is 8.80. The number of hydrogen-bond donors (Lipinski definition) is 0. The van der Waals surface area contributed by atoms with Crippen molar-refractivity contribution in [1.82, 2.24) is 0 Å². The number of ether oxygens (including phenoxy) is 2. The van der Waals surface area contributed by atoms with E-state index in [1.165, 1.54) is 28.4 Å². The predicted octanol–water partition coefficient (Wildman–Crippen LogP) is 4.05. The van der Waals surface area contributed by atoms with Crippen LogP contribution < -0.4 is 13.9 Å². The highest BCUT2D eigenvalue weighted by Crippen LogP contribution is 2.36. The van der Waals surface area contributed by atoms with Gasteiger partial charge < -0.3 is 9.47 Å². The fourth-order valence-electron chi connectivity index (χ4n) is 3.45. The molecule has 8 heteroatoms. The van der Waals surface area contributed by atoms with Crippen LogP contribution in [0.15, 0.2) is 83.8 Å². The SMILES string of the molecule is COc1ccc(S(=O)(=O)N2CCN(C(=O)OCc3ccccc3)c3ccccc32)cc1. The minimum absolute atomic E-state index is 0.117. The molecule has 0 saturated carbocycles. The number of methoxy groups -OCH3 is 1. The normalized spacial score (nSPS) is 13.5. The van der Waals surface area contributed by atoms with Crippen LogP contribution in [0.1, 0.15) is 5.56 Å². The molecule has 0 aromatic heterocycles. The molecule has 0 N–H and O–H groups in total. The van der Waals surface area contributed by atoms with Crippen LogP contribution in [0.3, 0.4) is 0 Å². The molecule has 1 amide bonds. The number of para-hydroxylation sites is 2. The van der Waals surface area contributed by atoms with Crippen molar-refractivity contribution < 1.29 is 22.7 Å². The molecule has 0 spiro atoms. The highest BCUT2D eigenvalue weighted by Gasteiger charge is 2.34. The summed E-state index contributed by atoms with van der Waals surface area (Å²) >= 11 is 0. The summed E-state index contributed by atoms with van der Waals surface area (Å²) in [5.74, 6) is 0.574. The number of amides is 1. The molecule has 0 bridgehead atoms. The van der Waals surface area contributed by atoms with Crippen LogP contribution in [-0.2, 0) is 21.4 Å². The van der Waals surface area contributed by atoms with Crippen LogP contribution in [0.2, 0.25) is 0 Å². The van der Waals surface area contributed by atoms with Crippen molar-refractivity contribution in [1.29, 1.82) is 0 Å². The first-order valence-corrected chi connectivity index (χ1v) is 11.2. The van der Waals surface area contributed by atoms with Gasteiger partial charge in [0.15, 0.2) is 0 Å². The molecule has 1 aliphatic rings. The zero-order chi connectivity index (χ0) is 21.8. The molecule has 160 valence electrons. The second-order valence-electron chi connectivity index (χ2n) is 6.93. The van der Waals surface area contributed by atoms with Gasteiger partial charge in [-0.1, -0.05) is 42.5 Å². The highest BCUT2D eigenvalue weighted by molar-refractivity contribution is 7.92. The van der Waals surface area contributed by atoms with E-state index in [4.69, 9.17) is 9.47 Å². The first-order chi connectivity index (χ1) is 15.0. The van der Waals surface area contributed by atoms with E-state index in [0.717, 1.165) is 5.56 Å². The lowest BCUT2D eigenvalue weighted by atomic mass is 10.2. The van der Waals surface area contributed by atoms with Crippen molar-refractivity contribution in [3.63, 3.8) is 0 Å². The topological polar surface area (TPSA) is 76.2 Å². The average molecular weight is 439 g/mol. The first-order valence-electron chi connectivity index (χ1n) is 9.75. The fourth-order valence-corrected chi connectivity index (χ4v) is 4.92. The lowest BCUT2D eigenvalue weighted by Gasteiger charge is -2.36. The maximum absolute atomic E-state index is 13.3. The Bertz CT molecular complexity index is 1160. The predicted molar refractivity (Wildman–Crippen MR) is 118 cm³/mol. The van der Waals surface area contributed by atoms with Gasteiger partial charge in [0.25, 0.3) is 10.0 Å². The van der Waals surface area contributed by atoms with E-state index in [2.05, 4.69) is 0 Å². The summed E-state index contributed by atoms with van der Waals surface area (Å²) in [5, 5.41) is 0. The lowest BCUT2D eigenvalue weighted by Crippen LogP contribution is -2.46. The van der Waals surface area contributed by atoms with Gasteiger partial charge in [-0.15, -0.1) is 0 Å². The first kappa shape index (κ1) is 20.7. The Balaban J connectivity index is 1.58. The minimum Gasteiger partial charge on any atom is -0.497 e. The second kappa shape index (κ2) is 8.69. The van der Waals surface area contributed by atoms with Gasteiger partial charge in [0.2, 0.25) is 0 Å². The molecule has 0 radical (unpaired) electrons. The van der Waals surface area contributed by atoms with Crippen LogP contribution in [0.4, 0.5) is 16.2 Å². The van der Waals surface area contributed by atoms with Gasteiger partial charge >= 0.3 is 6.09 Å². The van der Waals surface area contributed by atoms with E-state index >= 15 is 0 Å². The molecule has 4 rings (SSSR count). The highest BCUT2D eigenvalue weighted by atomic mass is 32.2. The van der Waals surface area contributed by atoms with Crippen molar-refractivity contribution in [2.45, 2.75) is 11.5 Å². The van der Waals surface area contributed by atoms with E-state index in [0.29, 0.717) is 17.1 Å². The molecular formula is C23H22N2O5S. The van der Waals surface area contributed by atoms with E-state index in [-0.39, 0.29) is 24.6 Å². The maximum Gasteiger partial charge on any atom is 0.414 e. The monoisotopic (exact) mass is 438 g/mol. The van der Waals surface area contributed by atoms with E-state index in [9.17, 15) is 13.2 Å². The molecule has 3 aromatic rings. The van der Waals surface area contributed by atoms with E-state index in [1.54, 1.807) is 36.4 Å². The third-order valence-electron chi connectivity index (χ3n) is 5.04. The van der Waals surface area contributed by atoms with Crippen molar-refractivity contribution in [2.75, 3.05) is 29.4 Å². The zero-order valence-corrected chi connectivity index (χ0v) is 17.8. The third-order valence-corrected chi connectivity index (χ3v) is 6.87. The maximum atomic E-state index is 13.3. The van der Waals surface area contributed by atoms with E-state index < -0.39 is 16.1 Å². The van der Waals surface area contributed by atoms with Gasteiger partial charge in [0.05, 0.1) is 29.9 Å². The van der Waals surface area contributed by atoms with Crippen LogP contribution in [0, 0.1) is 0 Å². The molecule has 31 heavy (non-hydrogen) atoms. The smallest absolute Gasteiger partial charge is 0.414 e. The van der Waals surface area contributed by atoms with Crippen LogP contribution in [0.25, 0.3) is 0 Å². The number of fused-ring (bicyclic) bond motifs is 1. The number of carbonyl (C=O) groups excluding carboxylic acids is 1. The molecule has 7 nitrogen and oxygen atoms in total. The standard InChI is InChI=1S/C23H22N2O5S/c1-29-19-11-13-20(14-12-19)31(27,28)25-16-15-24(21-9-5-6-10-22(21)25)23(26)30-17-18-7-3-2-4-8-18/h2-14H,15-17H2,1H3. The van der Waals surface area contributed by atoms with Crippen molar-refractivity contribution in [3.8, 4) is 5.75 Å². The van der Waals surface area contributed by atoms with Crippen molar-refractivity contribution in [2.24, 2.45) is 0 Å². The molecule has 0 atom stereocenters. The van der Waals surface area contributed by atoms with Gasteiger partial charge in [-0.05, 0) is 42.0 Å². The largest absolute Gasteiger partial charge is 0.497 e. The number of nitrogens with zero attached hydrogens (tertiary/aromatic N) is 2. The van der Waals surface area contributed by atoms with Gasteiger partial charge in [0, 0.05) is 6.54 Å². The van der Waals surface area contributed by atoms with Crippen molar-refractivity contribution in [3.05, 3.63) is 84.4 Å². The molecule has 1 aliphatic heterocycles. The molecule has 0 fully saturated rings. The molecule has 0 saturated heterocycles. The van der Waals surface area contributed by atoms with Gasteiger partial charge in [-0.3, -0.25) is 9.21 Å². The Hall–Kier alpha value is -3.52. The summed E-state index contributed by atoms with van der Waals surface area (Å²) in [4.78, 5) is 14.4. The Morgan fingerprint density at radius 1 is 0.871 bits per heavy atom. The van der Waals surface area contributed by atoms with Crippen LogP contribution in [-0.4, -0.2) is 34.7 Å². The summed E-state index contributed by atoms with van der Waals surface area (Å²) in [5.41, 5.74) is 1.80. The van der Waals surface area contributed by atoms with Crippen LogP contribution >= 0.6 is 0 Å². The number of benzene rings is 3. The summed E-state index contributed by atoms with van der Waals surface area (Å²) in [6.45, 7) is 0.442. The fraction of sp³-hybridized carbons (Fsp3) is 0.174. The Morgan fingerprint density at radius 3 is 2.19 bits per heavy atom. The Labute approximate surface area is 181 Å². The number of hydrogen-bond acceptors (Lipinski definition) is 5. The molecule has 3 aromatic carbocycles. The summed E-state index contributed by atoms with van der Waals surface area (Å²) < 4.78 is 38.5. The van der Waals surface area contributed by atoms with Crippen LogP contribution in [0.5, 0.6) is 5.75 Å². The summed E-state index contributed by atoms with van der Waals surface area (Å²) in [6, 6.07) is 22.5. The number of sulfonamides is 1.